The summed E-state index contributed by atoms with van der Waals surface area (Å²) in [6.07, 6.45) is 3.50. The number of carbonyl (C=O) groups excluding carboxylic acids is 2. The molecule has 0 bridgehead atoms. The first-order chi connectivity index (χ1) is 21.7. The van der Waals surface area contributed by atoms with E-state index in [1.54, 1.807) is 6.92 Å². The number of hydrogen-bond donors (Lipinski definition) is 3. The molecular formula is C33H46N6O6. The lowest BCUT2D eigenvalue weighted by molar-refractivity contribution is -0.143. The van der Waals surface area contributed by atoms with Gasteiger partial charge < -0.3 is 43.8 Å². The minimum atomic E-state index is -0.279. The molecule has 2 aromatic heterocycles. The third-order valence-electron chi connectivity index (χ3n) is 8.09. The fraction of sp³-hybridized carbons (Fsp3) is 0.515. The van der Waals surface area contributed by atoms with Gasteiger partial charge in [-0.1, -0.05) is 0 Å². The summed E-state index contributed by atoms with van der Waals surface area (Å²) in [4.78, 5) is 37.3. The summed E-state index contributed by atoms with van der Waals surface area (Å²) in [5.41, 5.74) is 5.42. The number of aliphatic hydroxyl groups is 3. The van der Waals surface area contributed by atoms with E-state index in [9.17, 15) is 24.9 Å². The molecule has 4 rings (SSSR count). The summed E-state index contributed by atoms with van der Waals surface area (Å²) in [6, 6.07) is 11.9. The third kappa shape index (κ3) is 8.80. The predicted molar refractivity (Wildman–Crippen MR) is 175 cm³/mol. The maximum atomic E-state index is 12.6. The van der Waals surface area contributed by atoms with Crippen molar-refractivity contribution in [3.05, 3.63) is 48.0 Å². The smallest absolute Gasteiger partial charge is 0.305 e. The normalized spacial score (nSPS) is 11.4. The van der Waals surface area contributed by atoms with E-state index in [1.165, 1.54) is 0 Å². The first-order valence-electron chi connectivity index (χ1n) is 15.6. The lowest BCUT2D eigenvalue weighted by atomic mass is 10.2. The number of hydrogen-bond acceptors (Lipinski definition) is 10. The maximum absolute atomic E-state index is 12.6. The zero-order valence-corrected chi connectivity index (χ0v) is 26.6. The Labute approximate surface area is 263 Å². The second-order valence-corrected chi connectivity index (χ2v) is 11.3. The van der Waals surface area contributed by atoms with Crippen LogP contribution in [0.3, 0.4) is 0 Å². The average molecular weight is 623 g/mol. The van der Waals surface area contributed by atoms with E-state index in [1.807, 2.05) is 69.4 Å². The number of aromatic nitrogens is 4. The summed E-state index contributed by atoms with van der Waals surface area (Å²) in [6.45, 7) is 3.44. The topological polar surface area (TPSA) is 146 Å². The number of Topliss-reactive ketones (excluding diaryl/α,β-unsaturated/α-hetero) is 1. The molecule has 244 valence electrons. The van der Waals surface area contributed by atoms with E-state index in [0.717, 1.165) is 57.9 Å². The fourth-order valence-corrected chi connectivity index (χ4v) is 5.65. The van der Waals surface area contributed by atoms with Crippen molar-refractivity contribution in [2.24, 2.45) is 14.1 Å². The zero-order valence-electron chi connectivity index (χ0n) is 26.6. The summed E-state index contributed by atoms with van der Waals surface area (Å²) in [5, 5.41) is 28.4. The fourth-order valence-electron chi connectivity index (χ4n) is 5.65. The number of carbonyl (C=O) groups is 2. The second-order valence-electron chi connectivity index (χ2n) is 11.3. The number of ether oxygens (including phenoxy) is 1. The number of fused-ring (bicyclic) bond motifs is 2. The molecule has 0 atom stereocenters. The van der Waals surface area contributed by atoms with Crippen molar-refractivity contribution in [2.45, 2.75) is 45.4 Å². The van der Waals surface area contributed by atoms with Gasteiger partial charge in [-0.05, 0) is 56.2 Å². The van der Waals surface area contributed by atoms with Gasteiger partial charge in [-0.2, -0.15) is 0 Å². The molecule has 3 N–H and O–H groups in total. The quantitative estimate of drug-likeness (QED) is 0.133. The molecule has 12 nitrogen and oxygen atoms in total. The van der Waals surface area contributed by atoms with Gasteiger partial charge in [0.1, 0.15) is 24.0 Å². The molecule has 2 aromatic carbocycles. The van der Waals surface area contributed by atoms with E-state index < -0.39 is 0 Å². The molecule has 0 radical (unpaired) electrons. The van der Waals surface area contributed by atoms with Crippen LogP contribution in [0.4, 0.5) is 11.4 Å². The van der Waals surface area contributed by atoms with Crippen molar-refractivity contribution in [3.63, 3.8) is 0 Å². The number of rotatable bonds is 19. The molecule has 0 fully saturated rings. The zero-order chi connectivity index (χ0) is 32.3. The molecule has 2 heterocycles. The van der Waals surface area contributed by atoms with E-state index in [-0.39, 0.29) is 44.6 Å². The van der Waals surface area contributed by atoms with E-state index in [4.69, 9.17) is 14.7 Å². The van der Waals surface area contributed by atoms with Gasteiger partial charge in [0.2, 0.25) is 0 Å². The van der Waals surface area contributed by atoms with Gasteiger partial charge in [-0.3, -0.25) is 4.79 Å². The Morgan fingerprint density at radius 2 is 1.20 bits per heavy atom. The lowest BCUT2D eigenvalue weighted by Crippen LogP contribution is -2.31. The summed E-state index contributed by atoms with van der Waals surface area (Å²) in [7, 11) is 3.93. The number of aliphatic hydroxyl groups excluding tert-OH is 3. The number of aryl methyl sites for hydroxylation is 4. The Morgan fingerprint density at radius 1 is 0.733 bits per heavy atom. The molecule has 4 aromatic rings. The molecule has 0 unspecified atom stereocenters. The first-order valence-corrected chi connectivity index (χ1v) is 15.6. The van der Waals surface area contributed by atoms with Gasteiger partial charge in [0.15, 0.2) is 0 Å². The highest BCUT2D eigenvalue weighted by atomic mass is 16.5. The number of ketones is 1. The highest BCUT2D eigenvalue weighted by molar-refractivity contribution is 5.81. The Kier molecular flexibility index (Phi) is 12.3. The molecular weight excluding hydrogens is 576 g/mol. The van der Waals surface area contributed by atoms with Crippen molar-refractivity contribution < 1.29 is 29.6 Å². The molecule has 0 saturated carbocycles. The number of anilines is 2. The van der Waals surface area contributed by atoms with E-state index in [0.29, 0.717) is 45.4 Å². The van der Waals surface area contributed by atoms with Crippen molar-refractivity contribution >= 4 is 45.2 Å². The first kappa shape index (κ1) is 33.9. The second kappa shape index (κ2) is 16.4. The maximum Gasteiger partial charge on any atom is 0.305 e. The SMILES string of the molecule is CC(=O)CCCc1nc2cc(N(CCO)CCOC(=O)CCCc3nc4cc(N(CCO)CCO)ccc4n3C)ccc2n1C. The number of esters is 1. The molecule has 45 heavy (non-hydrogen) atoms. The number of imidazole rings is 2. The Bertz CT molecular complexity index is 1570. The number of nitrogens with zero attached hydrogens (tertiary/aromatic N) is 6. The molecule has 0 saturated heterocycles. The van der Waals surface area contributed by atoms with Crippen molar-refractivity contribution in [1.82, 2.24) is 19.1 Å². The molecule has 0 aliphatic carbocycles. The van der Waals surface area contributed by atoms with Gasteiger partial charge in [-0.15, -0.1) is 0 Å². The van der Waals surface area contributed by atoms with Gasteiger partial charge >= 0.3 is 5.97 Å². The summed E-state index contributed by atoms with van der Waals surface area (Å²) >= 11 is 0. The molecule has 0 aliphatic heterocycles. The van der Waals surface area contributed by atoms with Crippen LogP contribution < -0.4 is 9.80 Å². The van der Waals surface area contributed by atoms with Crippen LogP contribution in [-0.2, 0) is 41.3 Å². The average Bonchev–Trinajstić information content (AvgIpc) is 3.50. The highest BCUT2D eigenvalue weighted by Crippen LogP contribution is 2.25. The summed E-state index contributed by atoms with van der Waals surface area (Å²) < 4.78 is 9.62. The standard InChI is InChI=1S/C33H46N6O6/c1-24(43)6-4-7-31-34-28-23-26(11-13-30(28)36(31)2)39(16-20-42)17-21-45-33(44)9-5-8-32-35-27-22-25(10-12-29(27)37(32)3)38(14-18-40)15-19-41/h10-13,22-23,40-42H,4-9,14-21H2,1-3H3. The third-order valence-corrected chi connectivity index (χ3v) is 8.09. The lowest BCUT2D eigenvalue weighted by Gasteiger charge is -2.23. The minimum absolute atomic E-state index is 0.00641. The molecule has 0 amide bonds. The minimum Gasteiger partial charge on any atom is -0.464 e. The van der Waals surface area contributed by atoms with Crippen molar-refractivity contribution in [3.8, 4) is 0 Å². The van der Waals surface area contributed by atoms with Crippen molar-refractivity contribution in [1.29, 1.82) is 0 Å². The van der Waals surface area contributed by atoms with Gasteiger partial charge in [-0.25, -0.2) is 9.97 Å². The van der Waals surface area contributed by atoms with Gasteiger partial charge in [0.05, 0.1) is 48.4 Å². The largest absolute Gasteiger partial charge is 0.464 e. The Hall–Kier alpha value is -4.00. The van der Waals surface area contributed by atoms with E-state index >= 15 is 0 Å². The van der Waals surface area contributed by atoms with Crippen LogP contribution in [0.5, 0.6) is 0 Å². The molecule has 12 heteroatoms. The summed E-state index contributed by atoms with van der Waals surface area (Å²) in [5.74, 6) is 1.69. The van der Waals surface area contributed by atoms with Crippen LogP contribution >= 0.6 is 0 Å². The Balaban J connectivity index is 1.29. The van der Waals surface area contributed by atoms with Crippen LogP contribution in [-0.4, -0.2) is 98.8 Å². The van der Waals surface area contributed by atoms with Crippen LogP contribution in [0.2, 0.25) is 0 Å². The van der Waals surface area contributed by atoms with Crippen LogP contribution in [0, 0.1) is 0 Å². The van der Waals surface area contributed by atoms with Gasteiger partial charge in [0, 0.05) is 70.8 Å². The Morgan fingerprint density at radius 3 is 1.67 bits per heavy atom. The van der Waals surface area contributed by atoms with Crippen LogP contribution in [0.25, 0.3) is 22.1 Å². The van der Waals surface area contributed by atoms with Crippen LogP contribution in [0.15, 0.2) is 36.4 Å². The van der Waals surface area contributed by atoms with Crippen molar-refractivity contribution in [2.75, 3.05) is 62.4 Å². The van der Waals surface area contributed by atoms with Crippen LogP contribution in [0.1, 0.15) is 44.3 Å². The van der Waals surface area contributed by atoms with Gasteiger partial charge in [0.25, 0.3) is 0 Å². The number of benzene rings is 2. The highest BCUT2D eigenvalue weighted by Gasteiger charge is 2.15. The molecule has 0 aliphatic rings. The molecule has 0 spiro atoms. The van der Waals surface area contributed by atoms with E-state index in [2.05, 4.69) is 0 Å². The monoisotopic (exact) mass is 622 g/mol. The predicted octanol–water partition coefficient (Wildman–Crippen LogP) is 2.53.